The highest BCUT2D eigenvalue weighted by molar-refractivity contribution is 7.89. The average Bonchev–Trinajstić information content (AvgIpc) is 3.12. The Morgan fingerprint density at radius 2 is 1.85 bits per heavy atom. The number of rotatable bonds is 6. The molecule has 0 aliphatic carbocycles. The van der Waals surface area contributed by atoms with Gasteiger partial charge in [0.2, 0.25) is 15.9 Å². The average molecular weight is 390 g/mol. The molecule has 1 unspecified atom stereocenters. The van der Waals surface area contributed by atoms with E-state index in [1.165, 1.54) is 11.3 Å². The third kappa shape index (κ3) is 4.09. The van der Waals surface area contributed by atoms with Crippen molar-refractivity contribution in [3.63, 3.8) is 0 Å². The van der Waals surface area contributed by atoms with Crippen LogP contribution in [0.1, 0.15) is 13.8 Å². The number of aromatic nitrogens is 1. The van der Waals surface area contributed by atoms with Gasteiger partial charge in [-0.25, -0.2) is 13.4 Å². The quantitative estimate of drug-likeness (QED) is 0.677. The number of carbonyl (C=O) groups is 1. The van der Waals surface area contributed by atoms with Crippen LogP contribution in [0.25, 0.3) is 10.8 Å². The summed E-state index contributed by atoms with van der Waals surface area (Å²) < 4.78 is 28.1. The van der Waals surface area contributed by atoms with Crippen LogP contribution >= 0.6 is 11.3 Å². The lowest BCUT2D eigenvalue weighted by molar-refractivity contribution is -0.118. The minimum Gasteiger partial charge on any atom is -0.301 e. The van der Waals surface area contributed by atoms with Crippen molar-refractivity contribution in [2.45, 2.75) is 24.8 Å². The van der Waals surface area contributed by atoms with Crippen molar-refractivity contribution in [3.05, 3.63) is 54.0 Å². The third-order valence-corrected chi connectivity index (χ3v) is 6.05. The van der Waals surface area contributed by atoms with E-state index >= 15 is 0 Å². The zero-order valence-corrected chi connectivity index (χ0v) is 16.0. The van der Waals surface area contributed by atoms with Crippen molar-refractivity contribution in [2.75, 3.05) is 5.32 Å². The number of carbonyl (C=O) groups excluding carboxylic acids is 1. The first-order chi connectivity index (χ1) is 12.4. The van der Waals surface area contributed by atoms with Crippen molar-refractivity contribution in [2.24, 2.45) is 5.92 Å². The first-order valence-corrected chi connectivity index (χ1v) is 10.4. The van der Waals surface area contributed by atoms with Gasteiger partial charge in [0, 0.05) is 11.6 Å². The first kappa shape index (κ1) is 18.5. The molecule has 1 atom stereocenters. The Balaban J connectivity index is 1.85. The van der Waals surface area contributed by atoms with E-state index in [1.807, 2.05) is 24.3 Å². The lowest BCUT2D eigenvalue weighted by Gasteiger charge is -2.21. The molecule has 8 heteroatoms. The van der Waals surface area contributed by atoms with E-state index in [9.17, 15) is 13.2 Å². The standard InChI is InChI=1S/C18H19N3O3S2/c1-12(2)16(17(22)20-18-19-9-10-25-18)21-26(23,24)15-8-7-13-5-3-4-6-14(13)11-15/h3-12,16,21H,1-2H3,(H,19,20,22). The Bertz CT molecular complexity index is 1020. The number of nitrogens with one attached hydrogen (secondary N) is 2. The van der Waals surface area contributed by atoms with Crippen molar-refractivity contribution in [1.82, 2.24) is 9.71 Å². The molecule has 2 N–H and O–H groups in total. The van der Waals surface area contributed by atoms with Gasteiger partial charge < -0.3 is 5.32 Å². The van der Waals surface area contributed by atoms with Gasteiger partial charge in [-0.05, 0) is 28.8 Å². The Labute approximate surface area is 156 Å². The van der Waals surface area contributed by atoms with Gasteiger partial charge in [0.15, 0.2) is 5.13 Å². The van der Waals surface area contributed by atoms with E-state index in [2.05, 4.69) is 15.0 Å². The second kappa shape index (κ2) is 7.53. The van der Waals surface area contributed by atoms with Gasteiger partial charge in [0.25, 0.3) is 0 Å². The topological polar surface area (TPSA) is 88.2 Å². The monoisotopic (exact) mass is 389 g/mol. The van der Waals surface area contributed by atoms with Gasteiger partial charge in [-0.3, -0.25) is 4.79 Å². The van der Waals surface area contributed by atoms with Gasteiger partial charge in [0.1, 0.15) is 6.04 Å². The molecule has 2 aromatic carbocycles. The lowest BCUT2D eigenvalue weighted by atomic mass is 10.1. The maximum atomic E-state index is 12.8. The zero-order chi connectivity index (χ0) is 18.7. The van der Waals surface area contributed by atoms with Crippen LogP contribution in [0.5, 0.6) is 0 Å². The Kier molecular flexibility index (Phi) is 5.36. The van der Waals surface area contributed by atoms with E-state index in [-0.39, 0.29) is 10.8 Å². The molecule has 0 aliphatic heterocycles. The predicted molar refractivity (Wildman–Crippen MR) is 104 cm³/mol. The van der Waals surface area contributed by atoms with Gasteiger partial charge >= 0.3 is 0 Å². The largest absolute Gasteiger partial charge is 0.301 e. The molecule has 0 saturated carbocycles. The van der Waals surface area contributed by atoms with E-state index in [0.717, 1.165) is 10.8 Å². The van der Waals surface area contributed by atoms with Crippen LogP contribution < -0.4 is 10.0 Å². The van der Waals surface area contributed by atoms with Crippen molar-refractivity contribution in [1.29, 1.82) is 0 Å². The normalized spacial score (nSPS) is 13.0. The fourth-order valence-corrected chi connectivity index (χ4v) is 4.44. The predicted octanol–water partition coefficient (Wildman–Crippen LogP) is 3.24. The molecule has 0 saturated heterocycles. The van der Waals surface area contributed by atoms with Gasteiger partial charge in [-0.1, -0.05) is 44.2 Å². The summed E-state index contributed by atoms with van der Waals surface area (Å²) in [6.07, 6.45) is 1.57. The van der Waals surface area contributed by atoms with E-state index in [0.29, 0.717) is 5.13 Å². The minimum atomic E-state index is -3.85. The molecule has 1 aromatic heterocycles. The summed E-state index contributed by atoms with van der Waals surface area (Å²) in [7, 11) is -3.85. The molecule has 3 rings (SSSR count). The summed E-state index contributed by atoms with van der Waals surface area (Å²) in [6, 6.07) is 11.5. The van der Waals surface area contributed by atoms with Crippen LogP contribution in [-0.2, 0) is 14.8 Å². The van der Waals surface area contributed by atoms with Gasteiger partial charge in [-0.15, -0.1) is 11.3 Å². The van der Waals surface area contributed by atoms with Crippen molar-refractivity contribution < 1.29 is 13.2 Å². The molecule has 0 fully saturated rings. The molecule has 0 spiro atoms. The van der Waals surface area contributed by atoms with E-state index in [4.69, 9.17) is 0 Å². The van der Waals surface area contributed by atoms with Crippen LogP contribution in [0.4, 0.5) is 5.13 Å². The maximum Gasteiger partial charge on any atom is 0.244 e. The highest BCUT2D eigenvalue weighted by Gasteiger charge is 2.29. The second-order valence-electron chi connectivity index (χ2n) is 6.18. The number of sulfonamides is 1. The number of hydrogen-bond acceptors (Lipinski definition) is 5. The molecule has 0 bridgehead atoms. The highest BCUT2D eigenvalue weighted by Crippen LogP contribution is 2.20. The number of benzene rings is 2. The number of hydrogen-bond donors (Lipinski definition) is 2. The van der Waals surface area contributed by atoms with Crippen LogP contribution in [0.3, 0.4) is 0 Å². The lowest BCUT2D eigenvalue weighted by Crippen LogP contribution is -2.47. The smallest absolute Gasteiger partial charge is 0.244 e. The molecule has 0 aliphatic rings. The SMILES string of the molecule is CC(C)C(NS(=O)(=O)c1ccc2ccccc2c1)C(=O)Nc1nccs1. The third-order valence-electron chi connectivity index (χ3n) is 3.92. The fourth-order valence-electron chi connectivity index (χ4n) is 2.53. The van der Waals surface area contributed by atoms with Crippen LogP contribution in [-0.4, -0.2) is 25.4 Å². The summed E-state index contributed by atoms with van der Waals surface area (Å²) in [5.74, 6) is -0.662. The summed E-state index contributed by atoms with van der Waals surface area (Å²) in [4.78, 5) is 16.6. The second-order valence-corrected chi connectivity index (χ2v) is 8.79. The molecule has 26 heavy (non-hydrogen) atoms. The summed E-state index contributed by atoms with van der Waals surface area (Å²) in [5, 5.41) is 6.59. The Hall–Kier alpha value is -2.29. The highest BCUT2D eigenvalue weighted by atomic mass is 32.2. The van der Waals surface area contributed by atoms with Crippen molar-refractivity contribution in [3.8, 4) is 0 Å². The zero-order valence-electron chi connectivity index (χ0n) is 14.3. The van der Waals surface area contributed by atoms with Crippen LogP contribution in [0, 0.1) is 5.92 Å². The molecule has 136 valence electrons. The first-order valence-electron chi connectivity index (χ1n) is 8.08. The summed E-state index contributed by atoms with van der Waals surface area (Å²) in [6.45, 7) is 3.57. The summed E-state index contributed by atoms with van der Waals surface area (Å²) in [5.41, 5.74) is 0. The molecule has 1 amide bonds. The van der Waals surface area contributed by atoms with Crippen LogP contribution in [0.15, 0.2) is 58.9 Å². The molecule has 1 heterocycles. The number of anilines is 1. The van der Waals surface area contributed by atoms with Crippen molar-refractivity contribution >= 4 is 43.2 Å². The molecule has 0 radical (unpaired) electrons. The summed E-state index contributed by atoms with van der Waals surface area (Å²) >= 11 is 1.28. The molecular formula is C18H19N3O3S2. The fraction of sp³-hybridized carbons (Fsp3) is 0.222. The molecule has 3 aromatic rings. The Morgan fingerprint density at radius 3 is 2.50 bits per heavy atom. The number of amides is 1. The molecular weight excluding hydrogens is 370 g/mol. The maximum absolute atomic E-state index is 12.8. The number of thiazole rings is 1. The van der Waals surface area contributed by atoms with Gasteiger partial charge in [-0.2, -0.15) is 4.72 Å². The van der Waals surface area contributed by atoms with E-state index in [1.54, 1.807) is 43.6 Å². The number of nitrogens with zero attached hydrogens (tertiary/aromatic N) is 1. The van der Waals surface area contributed by atoms with E-state index < -0.39 is 22.0 Å². The van der Waals surface area contributed by atoms with Gasteiger partial charge in [0.05, 0.1) is 4.90 Å². The Morgan fingerprint density at radius 1 is 1.12 bits per heavy atom. The number of fused-ring (bicyclic) bond motifs is 1. The minimum absolute atomic E-state index is 0.129. The molecule has 6 nitrogen and oxygen atoms in total. The van der Waals surface area contributed by atoms with Crippen LogP contribution in [0.2, 0.25) is 0 Å².